The molecule has 22 heavy (non-hydrogen) atoms. The highest BCUT2D eigenvalue weighted by Gasteiger charge is 2.30. The molecule has 1 aliphatic carbocycles. The van der Waals surface area contributed by atoms with Gasteiger partial charge >= 0.3 is 0 Å². The number of halogens is 1. The Bertz CT molecular complexity index is 297. The maximum atomic E-state index is 13.9. The first-order chi connectivity index (χ1) is 10.8. The Morgan fingerprint density at radius 2 is 1.55 bits per heavy atom. The van der Waals surface area contributed by atoms with E-state index in [9.17, 15) is 4.39 Å². The molecular weight excluding hydrogens is 275 g/mol. The highest BCUT2D eigenvalue weighted by Crippen LogP contribution is 2.28. The summed E-state index contributed by atoms with van der Waals surface area (Å²) in [5.41, 5.74) is 0. The lowest BCUT2D eigenvalue weighted by Gasteiger charge is -2.29. The highest BCUT2D eigenvalue weighted by atomic mass is 19.1. The zero-order chi connectivity index (χ0) is 16.0. The van der Waals surface area contributed by atoms with Gasteiger partial charge < -0.3 is 4.74 Å². The van der Waals surface area contributed by atoms with Crippen LogP contribution in [0.3, 0.4) is 0 Å². The van der Waals surface area contributed by atoms with Crippen molar-refractivity contribution in [1.82, 2.24) is 0 Å². The number of unbranched alkanes of at least 4 members (excludes halogenated alkanes) is 9. The standard InChI is InChI=1S/C20H35FO/c1-3-5-6-7-8-9-10-11-12-13-16-22-20-15-14-18(4-2)17-19(20)21/h2,18-20H,3,5-17H2,1H3. The lowest BCUT2D eigenvalue weighted by atomic mass is 9.86. The molecular formula is C20H35FO. The van der Waals surface area contributed by atoms with Gasteiger partial charge in [0.25, 0.3) is 0 Å². The summed E-state index contributed by atoms with van der Waals surface area (Å²) in [7, 11) is 0. The Morgan fingerprint density at radius 3 is 2.09 bits per heavy atom. The quantitative estimate of drug-likeness (QED) is 0.314. The maximum Gasteiger partial charge on any atom is 0.127 e. The molecule has 1 nitrogen and oxygen atoms in total. The van der Waals surface area contributed by atoms with Gasteiger partial charge in [-0.1, -0.05) is 64.7 Å². The number of ether oxygens (including phenoxy) is 1. The van der Waals surface area contributed by atoms with Crippen molar-refractivity contribution in [3.63, 3.8) is 0 Å². The number of terminal acetylenes is 1. The average molecular weight is 310 g/mol. The van der Waals surface area contributed by atoms with Crippen molar-refractivity contribution in [3.8, 4) is 12.3 Å². The van der Waals surface area contributed by atoms with Crippen molar-refractivity contribution < 1.29 is 9.13 Å². The molecule has 0 radical (unpaired) electrons. The molecule has 128 valence electrons. The number of alkyl halides is 1. The van der Waals surface area contributed by atoms with Gasteiger partial charge in [0.2, 0.25) is 0 Å². The largest absolute Gasteiger partial charge is 0.375 e. The first kappa shape index (κ1) is 19.5. The number of rotatable bonds is 12. The second-order valence-corrected chi connectivity index (χ2v) is 6.78. The van der Waals surface area contributed by atoms with E-state index in [0.29, 0.717) is 13.0 Å². The van der Waals surface area contributed by atoms with E-state index in [4.69, 9.17) is 11.2 Å². The average Bonchev–Trinajstić information content (AvgIpc) is 2.53. The fraction of sp³-hybridized carbons (Fsp3) is 0.900. The van der Waals surface area contributed by atoms with E-state index in [0.717, 1.165) is 19.3 Å². The van der Waals surface area contributed by atoms with E-state index < -0.39 is 6.17 Å². The van der Waals surface area contributed by atoms with Crippen molar-refractivity contribution in [2.24, 2.45) is 5.92 Å². The molecule has 1 fully saturated rings. The molecule has 0 amide bonds. The van der Waals surface area contributed by atoms with Gasteiger partial charge in [0.1, 0.15) is 6.17 Å². The van der Waals surface area contributed by atoms with Gasteiger partial charge in [-0.3, -0.25) is 0 Å². The summed E-state index contributed by atoms with van der Waals surface area (Å²) in [6.07, 6.45) is 19.7. The fourth-order valence-corrected chi connectivity index (χ4v) is 3.25. The fourth-order valence-electron chi connectivity index (χ4n) is 3.25. The smallest absolute Gasteiger partial charge is 0.127 e. The minimum Gasteiger partial charge on any atom is -0.375 e. The molecule has 1 aliphatic rings. The van der Waals surface area contributed by atoms with Gasteiger partial charge in [0, 0.05) is 12.5 Å². The van der Waals surface area contributed by atoms with E-state index in [1.807, 2.05) is 0 Å². The third kappa shape index (κ3) is 8.79. The molecule has 0 saturated heterocycles. The number of hydrogen-bond acceptors (Lipinski definition) is 1. The van der Waals surface area contributed by atoms with E-state index in [-0.39, 0.29) is 12.0 Å². The van der Waals surface area contributed by atoms with Crippen LogP contribution < -0.4 is 0 Å². The van der Waals surface area contributed by atoms with Crippen molar-refractivity contribution >= 4 is 0 Å². The van der Waals surface area contributed by atoms with Crippen LogP contribution >= 0.6 is 0 Å². The van der Waals surface area contributed by atoms with Crippen LogP contribution in [0.2, 0.25) is 0 Å². The monoisotopic (exact) mass is 310 g/mol. The summed E-state index contributed by atoms with van der Waals surface area (Å²) >= 11 is 0. The van der Waals surface area contributed by atoms with Crippen LogP contribution in [0.15, 0.2) is 0 Å². The third-order valence-corrected chi connectivity index (χ3v) is 4.78. The normalized spacial score (nSPS) is 25.0. The highest BCUT2D eigenvalue weighted by molar-refractivity contribution is 4.98. The van der Waals surface area contributed by atoms with Gasteiger partial charge in [-0.2, -0.15) is 0 Å². The van der Waals surface area contributed by atoms with Gasteiger partial charge in [-0.05, 0) is 25.7 Å². The van der Waals surface area contributed by atoms with Crippen LogP contribution in [-0.4, -0.2) is 18.9 Å². The SMILES string of the molecule is C#CC1CCC(OCCCCCCCCCCCC)C(F)C1. The zero-order valence-corrected chi connectivity index (χ0v) is 14.5. The Balaban J connectivity index is 1.86. The van der Waals surface area contributed by atoms with Gasteiger partial charge in [0.15, 0.2) is 0 Å². The predicted molar refractivity (Wildman–Crippen MR) is 92.7 cm³/mol. The summed E-state index contributed by atoms with van der Waals surface area (Å²) in [6.45, 7) is 2.97. The molecule has 0 spiro atoms. The molecule has 1 saturated carbocycles. The molecule has 0 bridgehead atoms. The van der Waals surface area contributed by atoms with Gasteiger partial charge in [-0.15, -0.1) is 12.3 Å². The summed E-state index contributed by atoms with van der Waals surface area (Å²) in [5.74, 6) is 2.79. The van der Waals surface area contributed by atoms with Crippen molar-refractivity contribution in [3.05, 3.63) is 0 Å². The van der Waals surface area contributed by atoms with Crippen molar-refractivity contribution in [2.45, 2.75) is 103 Å². The predicted octanol–water partition coefficient (Wildman–Crippen LogP) is 6.06. The Morgan fingerprint density at radius 1 is 0.955 bits per heavy atom. The minimum absolute atomic E-state index is 0.118. The Labute approximate surface area is 137 Å². The van der Waals surface area contributed by atoms with Crippen LogP contribution in [0.5, 0.6) is 0 Å². The molecule has 0 N–H and O–H groups in total. The number of hydrogen-bond donors (Lipinski definition) is 0. The molecule has 0 heterocycles. The van der Waals surface area contributed by atoms with Gasteiger partial charge in [-0.25, -0.2) is 4.39 Å². The first-order valence-electron chi connectivity index (χ1n) is 9.49. The van der Waals surface area contributed by atoms with Crippen molar-refractivity contribution in [2.75, 3.05) is 6.61 Å². The zero-order valence-electron chi connectivity index (χ0n) is 14.5. The third-order valence-electron chi connectivity index (χ3n) is 4.78. The van der Waals surface area contributed by atoms with Crippen LogP contribution in [0.1, 0.15) is 90.4 Å². The maximum absolute atomic E-state index is 13.9. The first-order valence-corrected chi connectivity index (χ1v) is 9.49. The van der Waals surface area contributed by atoms with Crippen LogP contribution in [0.4, 0.5) is 4.39 Å². The van der Waals surface area contributed by atoms with Crippen LogP contribution in [-0.2, 0) is 4.74 Å². The summed E-state index contributed by atoms with van der Waals surface area (Å²) in [6, 6.07) is 0. The summed E-state index contributed by atoms with van der Waals surface area (Å²) in [4.78, 5) is 0. The van der Waals surface area contributed by atoms with Gasteiger partial charge in [0.05, 0.1) is 6.10 Å². The molecule has 0 aliphatic heterocycles. The topological polar surface area (TPSA) is 9.23 Å². The molecule has 2 heteroatoms. The summed E-state index contributed by atoms with van der Waals surface area (Å²) in [5, 5.41) is 0. The van der Waals surface area contributed by atoms with Crippen molar-refractivity contribution in [1.29, 1.82) is 0 Å². The second kappa shape index (κ2) is 12.9. The molecule has 0 aromatic heterocycles. The second-order valence-electron chi connectivity index (χ2n) is 6.78. The summed E-state index contributed by atoms with van der Waals surface area (Å²) < 4.78 is 19.6. The molecule has 0 aromatic carbocycles. The lowest BCUT2D eigenvalue weighted by molar-refractivity contribution is -0.0319. The molecule has 0 aromatic rings. The van der Waals surface area contributed by atoms with Crippen LogP contribution in [0, 0.1) is 18.3 Å². The van der Waals surface area contributed by atoms with E-state index in [1.165, 1.54) is 57.8 Å². The van der Waals surface area contributed by atoms with E-state index in [1.54, 1.807) is 0 Å². The minimum atomic E-state index is -0.863. The Hall–Kier alpha value is -0.550. The Kier molecular flexibility index (Phi) is 11.5. The van der Waals surface area contributed by atoms with E-state index in [2.05, 4.69) is 12.8 Å². The molecule has 3 atom stereocenters. The van der Waals surface area contributed by atoms with E-state index >= 15 is 0 Å². The molecule has 3 unspecified atom stereocenters. The lowest BCUT2D eigenvalue weighted by Crippen LogP contribution is -2.32. The molecule has 1 rings (SSSR count). The van der Waals surface area contributed by atoms with Crippen LogP contribution in [0.25, 0.3) is 0 Å².